The maximum absolute atomic E-state index is 13.7. The van der Waals surface area contributed by atoms with Gasteiger partial charge in [-0.1, -0.05) is 51.1 Å². The van der Waals surface area contributed by atoms with E-state index >= 15 is 0 Å². The summed E-state index contributed by atoms with van der Waals surface area (Å²) in [6.45, 7) is 10.6. The molecule has 0 unspecified atom stereocenters. The van der Waals surface area contributed by atoms with Crippen LogP contribution in [0.3, 0.4) is 0 Å². The van der Waals surface area contributed by atoms with Gasteiger partial charge in [0.25, 0.3) is 15.9 Å². The molecular formula is C29H34N2O5S. The van der Waals surface area contributed by atoms with Crippen LogP contribution in [0.15, 0.2) is 71.6 Å². The number of carbonyl (C=O) groups excluding carboxylic acids is 1. The van der Waals surface area contributed by atoms with Crippen molar-refractivity contribution in [1.82, 2.24) is 5.32 Å². The Kier molecular flexibility index (Phi) is 7.50. The van der Waals surface area contributed by atoms with Crippen molar-refractivity contribution in [3.63, 3.8) is 0 Å². The number of anilines is 1. The number of aryl methyl sites for hydroxylation is 2. The lowest BCUT2D eigenvalue weighted by Gasteiger charge is -2.36. The Morgan fingerprint density at radius 3 is 2.35 bits per heavy atom. The van der Waals surface area contributed by atoms with Gasteiger partial charge in [-0.15, -0.1) is 0 Å². The molecular weight excluding hydrogens is 488 g/mol. The lowest BCUT2D eigenvalue weighted by Crippen LogP contribution is -2.51. The van der Waals surface area contributed by atoms with E-state index in [2.05, 4.69) is 32.2 Å². The zero-order chi connectivity index (χ0) is 26.8. The highest BCUT2D eigenvalue weighted by molar-refractivity contribution is 7.92. The van der Waals surface area contributed by atoms with E-state index in [1.165, 1.54) is 4.31 Å². The second-order valence-corrected chi connectivity index (χ2v) is 12.2. The van der Waals surface area contributed by atoms with Crippen molar-refractivity contribution in [2.45, 2.75) is 51.0 Å². The summed E-state index contributed by atoms with van der Waals surface area (Å²) in [5, 5.41) is 2.82. The molecule has 0 aliphatic carbocycles. The van der Waals surface area contributed by atoms with Crippen LogP contribution < -0.4 is 19.1 Å². The molecule has 196 valence electrons. The number of amides is 1. The summed E-state index contributed by atoms with van der Waals surface area (Å²) in [7, 11) is -3.92. The molecule has 0 spiro atoms. The molecule has 1 N–H and O–H groups in total. The molecule has 37 heavy (non-hydrogen) atoms. The van der Waals surface area contributed by atoms with Crippen LogP contribution in [0.25, 0.3) is 0 Å². The van der Waals surface area contributed by atoms with Gasteiger partial charge >= 0.3 is 0 Å². The van der Waals surface area contributed by atoms with Crippen molar-refractivity contribution in [2.24, 2.45) is 0 Å². The number of carbonyl (C=O) groups is 1. The number of hydrogen-bond donors (Lipinski definition) is 1. The molecule has 3 aromatic carbocycles. The molecule has 7 nitrogen and oxygen atoms in total. The van der Waals surface area contributed by atoms with E-state index in [9.17, 15) is 13.2 Å². The van der Waals surface area contributed by atoms with Crippen LogP contribution in [0.5, 0.6) is 11.5 Å². The first-order valence-corrected chi connectivity index (χ1v) is 13.8. The van der Waals surface area contributed by atoms with Gasteiger partial charge in [-0.05, 0) is 72.4 Å². The van der Waals surface area contributed by atoms with Gasteiger partial charge in [0.05, 0.1) is 23.7 Å². The molecule has 1 atom stereocenters. The second kappa shape index (κ2) is 10.5. The number of ether oxygens (including phenoxy) is 2. The first-order chi connectivity index (χ1) is 17.4. The smallest absolute Gasteiger partial charge is 0.264 e. The topological polar surface area (TPSA) is 84.9 Å². The van der Waals surface area contributed by atoms with E-state index in [0.29, 0.717) is 11.4 Å². The van der Waals surface area contributed by atoms with Gasteiger partial charge < -0.3 is 14.8 Å². The van der Waals surface area contributed by atoms with Crippen LogP contribution in [-0.4, -0.2) is 40.1 Å². The molecule has 0 radical (unpaired) electrons. The Morgan fingerprint density at radius 1 is 1.03 bits per heavy atom. The molecule has 1 aliphatic heterocycles. The maximum atomic E-state index is 13.7. The standard InChI is InChI=1S/C29H34N2O5S/c1-20-15-21(2)17-23(16-20)35-14-13-30-28(32)27-19-31(37(33,34)24-9-7-6-8-10-24)25-18-22(29(3,4)5)11-12-26(25)36-27/h6-12,15-18,27H,13-14,19H2,1-5H3,(H,30,32)/t27-/m0/s1. The third kappa shape index (κ3) is 6.07. The Hall–Kier alpha value is -3.52. The summed E-state index contributed by atoms with van der Waals surface area (Å²) in [6, 6.07) is 19.7. The normalized spacial score (nSPS) is 15.5. The van der Waals surface area contributed by atoms with E-state index in [0.717, 1.165) is 22.4 Å². The number of sulfonamides is 1. The van der Waals surface area contributed by atoms with Crippen molar-refractivity contribution < 1.29 is 22.7 Å². The van der Waals surface area contributed by atoms with Crippen molar-refractivity contribution in [3.8, 4) is 11.5 Å². The maximum Gasteiger partial charge on any atom is 0.264 e. The number of hydrogen-bond acceptors (Lipinski definition) is 5. The van der Waals surface area contributed by atoms with Crippen LogP contribution in [0.2, 0.25) is 0 Å². The zero-order valence-corrected chi connectivity index (χ0v) is 22.8. The Balaban J connectivity index is 1.53. The molecule has 0 saturated carbocycles. The summed E-state index contributed by atoms with van der Waals surface area (Å²) in [5.41, 5.74) is 3.40. The Morgan fingerprint density at radius 2 is 1.70 bits per heavy atom. The van der Waals surface area contributed by atoms with E-state index in [-0.39, 0.29) is 30.0 Å². The fourth-order valence-electron chi connectivity index (χ4n) is 4.27. The summed E-state index contributed by atoms with van der Waals surface area (Å²) in [5.74, 6) is 0.692. The third-order valence-electron chi connectivity index (χ3n) is 6.18. The molecule has 8 heteroatoms. The summed E-state index contributed by atoms with van der Waals surface area (Å²) < 4.78 is 40.4. The SMILES string of the molecule is Cc1cc(C)cc(OCCNC(=O)[C@@H]2CN(S(=O)(=O)c3ccccc3)c3cc(C(C)(C)C)ccc3O2)c1. The summed E-state index contributed by atoms with van der Waals surface area (Å²) >= 11 is 0. The van der Waals surface area contributed by atoms with Crippen LogP contribution in [0, 0.1) is 13.8 Å². The molecule has 1 aliphatic rings. The molecule has 4 rings (SSSR count). The second-order valence-electron chi connectivity index (χ2n) is 10.4. The number of benzene rings is 3. The van der Waals surface area contributed by atoms with Crippen molar-refractivity contribution in [1.29, 1.82) is 0 Å². The molecule has 0 saturated heterocycles. The first kappa shape index (κ1) is 26.5. The minimum atomic E-state index is -3.92. The van der Waals surface area contributed by atoms with Gasteiger partial charge in [0, 0.05) is 0 Å². The average molecular weight is 523 g/mol. The molecule has 0 fully saturated rings. The van der Waals surface area contributed by atoms with Gasteiger partial charge in [-0.2, -0.15) is 0 Å². The van der Waals surface area contributed by atoms with Gasteiger partial charge in [0.1, 0.15) is 18.1 Å². The van der Waals surface area contributed by atoms with Gasteiger partial charge in [0.15, 0.2) is 6.10 Å². The molecule has 0 bridgehead atoms. The number of fused-ring (bicyclic) bond motifs is 1. The monoisotopic (exact) mass is 522 g/mol. The van der Waals surface area contributed by atoms with Crippen LogP contribution in [0.1, 0.15) is 37.5 Å². The van der Waals surface area contributed by atoms with E-state index in [4.69, 9.17) is 9.47 Å². The molecule has 1 amide bonds. The molecule has 1 heterocycles. The molecule has 0 aromatic heterocycles. The van der Waals surface area contributed by atoms with Crippen molar-refractivity contribution >= 4 is 21.6 Å². The van der Waals surface area contributed by atoms with Crippen LogP contribution in [-0.2, 0) is 20.2 Å². The first-order valence-electron chi connectivity index (χ1n) is 12.3. The van der Waals surface area contributed by atoms with E-state index < -0.39 is 22.0 Å². The highest BCUT2D eigenvalue weighted by Crippen LogP contribution is 2.40. The van der Waals surface area contributed by atoms with Crippen molar-refractivity contribution in [2.75, 3.05) is 24.0 Å². The Labute approximate surface area is 219 Å². The van der Waals surface area contributed by atoms with E-state index in [1.54, 1.807) is 36.4 Å². The highest BCUT2D eigenvalue weighted by atomic mass is 32.2. The minimum Gasteiger partial charge on any atom is -0.492 e. The Bertz CT molecular complexity index is 1360. The lowest BCUT2D eigenvalue weighted by molar-refractivity contribution is -0.127. The minimum absolute atomic E-state index is 0.137. The lowest BCUT2D eigenvalue weighted by atomic mass is 9.86. The van der Waals surface area contributed by atoms with E-state index in [1.807, 2.05) is 38.1 Å². The quantitative estimate of drug-likeness (QED) is 0.453. The van der Waals surface area contributed by atoms with Crippen molar-refractivity contribution in [3.05, 3.63) is 83.4 Å². The summed E-state index contributed by atoms with van der Waals surface area (Å²) in [6.07, 6.45) is -1.01. The number of nitrogens with zero attached hydrogens (tertiary/aromatic N) is 1. The highest BCUT2D eigenvalue weighted by Gasteiger charge is 2.38. The fraction of sp³-hybridized carbons (Fsp3) is 0.345. The largest absolute Gasteiger partial charge is 0.492 e. The fourth-order valence-corrected chi connectivity index (χ4v) is 5.76. The van der Waals surface area contributed by atoms with Gasteiger partial charge in [0.2, 0.25) is 0 Å². The van der Waals surface area contributed by atoms with Gasteiger partial charge in [-0.3, -0.25) is 9.10 Å². The average Bonchev–Trinajstić information content (AvgIpc) is 2.85. The zero-order valence-electron chi connectivity index (χ0n) is 21.9. The number of rotatable bonds is 7. The van der Waals surface area contributed by atoms with Crippen LogP contribution >= 0.6 is 0 Å². The number of nitrogens with one attached hydrogen (secondary N) is 1. The van der Waals surface area contributed by atoms with Gasteiger partial charge in [-0.25, -0.2) is 8.42 Å². The predicted molar refractivity (Wildman–Crippen MR) is 145 cm³/mol. The molecule has 3 aromatic rings. The predicted octanol–water partition coefficient (Wildman–Crippen LogP) is 4.75. The summed E-state index contributed by atoms with van der Waals surface area (Å²) in [4.78, 5) is 13.2. The third-order valence-corrected chi connectivity index (χ3v) is 7.98. The van der Waals surface area contributed by atoms with Crippen LogP contribution in [0.4, 0.5) is 5.69 Å².